The Bertz CT molecular complexity index is 233. The number of rotatable bonds is 3. The first-order valence-electron chi connectivity index (χ1n) is 3.26. The Hall–Kier alpha value is -0.870. The molecule has 0 aromatic carbocycles. The summed E-state index contributed by atoms with van der Waals surface area (Å²) >= 11 is 1.54. The number of carbonyl (C=O) groups excluding carboxylic acids is 1. The third-order valence-corrected chi connectivity index (χ3v) is 2.26. The number of hydrogen-bond donors (Lipinski definition) is 1. The van der Waals surface area contributed by atoms with Crippen LogP contribution in [0, 0.1) is 0 Å². The second-order valence-corrected chi connectivity index (χ2v) is 3.33. The van der Waals surface area contributed by atoms with Gasteiger partial charge in [-0.15, -0.1) is 11.3 Å². The van der Waals surface area contributed by atoms with Crippen LogP contribution in [0.1, 0.15) is 4.88 Å². The second kappa shape index (κ2) is 3.50. The van der Waals surface area contributed by atoms with E-state index in [4.69, 9.17) is 0 Å². The van der Waals surface area contributed by atoms with E-state index in [1.165, 1.54) is 11.3 Å². The lowest BCUT2D eigenvalue weighted by molar-refractivity contribution is -0.436. The molecule has 11 heavy (non-hydrogen) atoms. The SMILES string of the molecule is [NH3+][C@H](Cc1cccs1)C(=O)[O-]. The first kappa shape index (κ1) is 8.23. The van der Waals surface area contributed by atoms with Crippen molar-refractivity contribution < 1.29 is 15.6 Å². The van der Waals surface area contributed by atoms with E-state index < -0.39 is 12.0 Å². The molecular weight excluding hydrogens is 162 g/mol. The van der Waals surface area contributed by atoms with Crippen molar-refractivity contribution in [3.05, 3.63) is 22.4 Å². The highest BCUT2D eigenvalue weighted by atomic mass is 32.1. The molecule has 1 aromatic heterocycles. The maximum atomic E-state index is 10.3. The van der Waals surface area contributed by atoms with Gasteiger partial charge in [-0.05, 0) is 11.4 Å². The van der Waals surface area contributed by atoms with Gasteiger partial charge >= 0.3 is 0 Å². The molecule has 0 spiro atoms. The fourth-order valence-electron chi connectivity index (χ4n) is 0.755. The van der Waals surface area contributed by atoms with Crippen LogP contribution in [0.4, 0.5) is 0 Å². The number of thiophene rings is 1. The van der Waals surface area contributed by atoms with Crippen molar-refractivity contribution in [2.45, 2.75) is 12.5 Å². The molecule has 1 rings (SSSR count). The second-order valence-electron chi connectivity index (χ2n) is 2.30. The van der Waals surface area contributed by atoms with E-state index in [0.717, 1.165) is 4.88 Å². The average Bonchev–Trinajstić information content (AvgIpc) is 2.39. The van der Waals surface area contributed by atoms with Crippen molar-refractivity contribution in [3.63, 3.8) is 0 Å². The van der Waals surface area contributed by atoms with Crippen LogP contribution in [-0.4, -0.2) is 12.0 Å². The van der Waals surface area contributed by atoms with Gasteiger partial charge in [0.05, 0.1) is 5.97 Å². The Morgan fingerprint density at radius 3 is 3.00 bits per heavy atom. The van der Waals surface area contributed by atoms with E-state index in [2.05, 4.69) is 5.73 Å². The standard InChI is InChI=1S/C7H9NO2S/c8-6(7(9)10)4-5-2-1-3-11-5/h1-3,6H,4,8H2,(H,9,10)/t6-/m1/s1. The number of hydrogen-bond acceptors (Lipinski definition) is 3. The van der Waals surface area contributed by atoms with Crippen LogP contribution in [0.15, 0.2) is 17.5 Å². The van der Waals surface area contributed by atoms with Crippen molar-refractivity contribution in [3.8, 4) is 0 Å². The van der Waals surface area contributed by atoms with E-state index in [0.29, 0.717) is 6.42 Å². The van der Waals surface area contributed by atoms with Crippen molar-refractivity contribution in [1.82, 2.24) is 0 Å². The maximum absolute atomic E-state index is 10.3. The third-order valence-electron chi connectivity index (χ3n) is 1.36. The number of carboxylic acids is 1. The molecule has 0 bridgehead atoms. The van der Waals surface area contributed by atoms with E-state index in [1.54, 1.807) is 0 Å². The largest absolute Gasteiger partial charge is 0.544 e. The molecule has 4 heteroatoms. The number of aliphatic carboxylic acids is 1. The lowest BCUT2D eigenvalue weighted by Gasteiger charge is -2.06. The summed E-state index contributed by atoms with van der Waals surface area (Å²) in [4.78, 5) is 11.3. The monoisotopic (exact) mass is 171 g/mol. The molecule has 0 aliphatic carbocycles. The van der Waals surface area contributed by atoms with Gasteiger partial charge < -0.3 is 15.6 Å². The summed E-state index contributed by atoms with van der Waals surface area (Å²) in [7, 11) is 0. The van der Waals surface area contributed by atoms with Crippen LogP contribution in [0.25, 0.3) is 0 Å². The molecule has 3 N–H and O–H groups in total. The number of carboxylic acid groups (broad SMARTS) is 1. The molecule has 60 valence electrons. The Morgan fingerprint density at radius 2 is 2.55 bits per heavy atom. The Labute approximate surface area is 68.5 Å². The van der Waals surface area contributed by atoms with Gasteiger partial charge in [-0.3, -0.25) is 0 Å². The molecule has 0 unspecified atom stereocenters. The van der Waals surface area contributed by atoms with Gasteiger partial charge in [-0.1, -0.05) is 6.07 Å². The number of carbonyl (C=O) groups is 1. The van der Waals surface area contributed by atoms with E-state index in [-0.39, 0.29) is 0 Å². The van der Waals surface area contributed by atoms with Crippen LogP contribution in [0.5, 0.6) is 0 Å². The minimum Gasteiger partial charge on any atom is -0.544 e. The van der Waals surface area contributed by atoms with Gasteiger partial charge in [0.25, 0.3) is 0 Å². The zero-order valence-corrected chi connectivity index (χ0v) is 6.76. The molecule has 0 saturated carbocycles. The predicted octanol–water partition coefficient (Wildman–Crippen LogP) is -1.35. The topological polar surface area (TPSA) is 67.8 Å². The van der Waals surface area contributed by atoms with Gasteiger partial charge in [0.2, 0.25) is 0 Å². The van der Waals surface area contributed by atoms with Gasteiger partial charge in [0, 0.05) is 11.3 Å². The Balaban J connectivity index is 2.50. The first-order valence-corrected chi connectivity index (χ1v) is 4.14. The lowest BCUT2D eigenvalue weighted by atomic mass is 10.2. The Morgan fingerprint density at radius 1 is 1.82 bits per heavy atom. The smallest absolute Gasteiger partial charge is 0.129 e. The first-order chi connectivity index (χ1) is 5.20. The quantitative estimate of drug-likeness (QED) is 0.611. The molecule has 0 amide bonds. The zero-order chi connectivity index (χ0) is 8.27. The van der Waals surface area contributed by atoms with Crippen molar-refractivity contribution >= 4 is 17.3 Å². The van der Waals surface area contributed by atoms with Crippen LogP contribution in [0.2, 0.25) is 0 Å². The summed E-state index contributed by atoms with van der Waals surface area (Å²) < 4.78 is 0. The summed E-state index contributed by atoms with van der Waals surface area (Å²) in [5, 5.41) is 12.2. The summed E-state index contributed by atoms with van der Waals surface area (Å²) in [5.74, 6) is -1.08. The molecule has 0 fully saturated rings. The van der Waals surface area contributed by atoms with E-state index in [1.807, 2.05) is 17.5 Å². The predicted molar refractivity (Wildman–Crippen MR) is 39.7 cm³/mol. The zero-order valence-electron chi connectivity index (χ0n) is 5.95. The van der Waals surface area contributed by atoms with Crippen LogP contribution >= 0.6 is 11.3 Å². The summed E-state index contributed by atoms with van der Waals surface area (Å²) in [6.45, 7) is 0. The molecule has 0 aliphatic rings. The number of quaternary nitrogens is 1. The van der Waals surface area contributed by atoms with Crippen molar-refractivity contribution in [2.24, 2.45) is 0 Å². The normalized spacial score (nSPS) is 12.8. The average molecular weight is 171 g/mol. The third kappa shape index (κ3) is 2.32. The van der Waals surface area contributed by atoms with Crippen molar-refractivity contribution in [2.75, 3.05) is 0 Å². The highest BCUT2D eigenvalue weighted by Crippen LogP contribution is 2.09. The lowest BCUT2D eigenvalue weighted by Crippen LogP contribution is -2.69. The molecular formula is C7H9NO2S. The van der Waals surface area contributed by atoms with E-state index in [9.17, 15) is 9.90 Å². The minimum absolute atomic E-state index is 0.472. The molecule has 0 saturated heterocycles. The molecule has 1 aromatic rings. The maximum Gasteiger partial charge on any atom is 0.129 e. The molecule has 1 atom stereocenters. The fourth-order valence-corrected chi connectivity index (χ4v) is 1.54. The minimum atomic E-state index is -1.08. The van der Waals surface area contributed by atoms with E-state index >= 15 is 0 Å². The van der Waals surface area contributed by atoms with Crippen LogP contribution in [-0.2, 0) is 11.2 Å². The van der Waals surface area contributed by atoms with Gasteiger partial charge in [0.1, 0.15) is 6.04 Å². The van der Waals surface area contributed by atoms with Gasteiger partial charge in [-0.2, -0.15) is 0 Å². The van der Waals surface area contributed by atoms with Gasteiger partial charge in [-0.25, -0.2) is 0 Å². The molecule has 1 heterocycles. The highest BCUT2D eigenvalue weighted by molar-refractivity contribution is 7.09. The Kier molecular flexibility index (Phi) is 2.62. The molecule has 0 radical (unpaired) electrons. The van der Waals surface area contributed by atoms with Crippen LogP contribution < -0.4 is 10.8 Å². The van der Waals surface area contributed by atoms with Crippen LogP contribution in [0.3, 0.4) is 0 Å². The molecule has 3 nitrogen and oxygen atoms in total. The summed E-state index contributed by atoms with van der Waals surface area (Å²) in [6, 6.07) is 3.15. The van der Waals surface area contributed by atoms with Gasteiger partial charge in [0.15, 0.2) is 0 Å². The van der Waals surface area contributed by atoms with Crippen molar-refractivity contribution in [1.29, 1.82) is 0 Å². The summed E-state index contributed by atoms with van der Waals surface area (Å²) in [5.41, 5.74) is 3.46. The fraction of sp³-hybridized carbons (Fsp3) is 0.286. The highest BCUT2D eigenvalue weighted by Gasteiger charge is 2.08. The summed E-state index contributed by atoms with van der Waals surface area (Å²) in [6.07, 6.45) is 0.472. The molecule has 0 aliphatic heterocycles.